The first-order valence-corrected chi connectivity index (χ1v) is 6.47. The molecular weight excluding hydrogens is 270 g/mol. The Morgan fingerprint density at radius 3 is 2.52 bits per heavy atom. The quantitative estimate of drug-likeness (QED) is 0.499. The molecule has 2 aromatic carbocycles. The molecule has 2 aromatic rings. The number of nitrogens with zero attached hydrogens (tertiary/aromatic N) is 2. The van der Waals surface area contributed by atoms with Crippen LogP contribution in [0.2, 0.25) is 0 Å². The number of para-hydroxylation sites is 2. The Morgan fingerprint density at radius 1 is 1.24 bits per heavy atom. The molecule has 0 aromatic heterocycles. The van der Waals surface area contributed by atoms with Crippen molar-refractivity contribution in [1.29, 1.82) is 0 Å². The van der Waals surface area contributed by atoms with Crippen molar-refractivity contribution in [2.45, 2.75) is 13.3 Å². The highest BCUT2D eigenvalue weighted by atomic mass is 16.6. The van der Waals surface area contributed by atoms with Crippen molar-refractivity contribution in [3.05, 3.63) is 64.2 Å². The van der Waals surface area contributed by atoms with Gasteiger partial charge in [-0.1, -0.05) is 19.1 Å². The van der Waals surface area contributed by atoms with Crippen molar-refractivity contribution in [2.75, 3.05) is 5.43 Å². The number of anilines is 1. The summed E-state index contributed by atoms with van der Waals surface area (Å²) in [6.45, 7) is 1.94. The molecule has 0 aliphatic rings. The van der Waals surface area contributed by atoms with Crippen LogP contribution in [0.15, 0.2) is 53.6 Å². The molecule has 108 valence electrons. The number of hydrogen-bond acceptors (Lipinski definition) is 5. The largest absolute Gasteiger partial charge is 0.508 e. The molecule has 0 unspecified atom stereocenters. The van der Waals surface area contributed by atoms with E-state index >= 15 is 0 Å². The van der Waals surface area contributed by atoms with E-state index in [1.807, 2.05) is 6.92 Å². The van der Waals surface area contributed by atoms with Gasteiger partial charge >= 0.3 is 0 Å². The van der Waals surface area contributed by atoms with Gasteiger partial charge in [0.1, 0.15) is 11.4 Å². The highest BCUT2D eigenvalue weighted by Crippen LogP contribution is 2.23. The second-order valence-corrected chi connectivity index (χ2v) is 4.34. The smallest absolute Gasteiger partial charge is 0.294 e. The first-order valence-electron chi connectivity index (χ1n) is 6.47. The molecule has 0 heterocycles. The molecular formula is C15H15N3O3. The molecule has 0 radical (unpaired) electrons. The van der Waals surface area contributed by atoms with E-state index < -0.39 is 4.92 Å². The molecule has 0 spiro atoms. The standard InChI is InChI=1S/C15H15N3O3/c1-2-13(11-7-9-12(19)10-8-11)16-17-14-5-3-4-6-15(14)18(20)21/h3-10,17,19H,2H2,1H3/b16-13-. The monoisotopic (exact) mass is 285 g/mol. The number of benzene rings is 2. The summed E-state index contributed by atoms with van der Waals surface area (Å²) >= 11 is 0. The number of aromatic hydroxyl groups is 1. The summed E-state index contributed by atoms with van der Waals surface area (Å²) in [6.07, 6.45) is 0.651. The number of nitro benzene ring substituents is 1. The lowest BCUT2D eigenvalue weighted by Crippen LogP contribution is -2.04. The van der Waals surface area contributed by atoms with Crippen LogP contribution >= 0.6 is 0 Å². The number of hydrazone groups is 1. The molecule has 2 N–H and O–H groups in total. The summed E-state index contributed by atoms with van der Waals surface area (Å²) in [7, 11) is 0. The summed E-state index contributed by atoms with van der Waals surface area (Å²) in [4.78, 5) is 10.5. The summed E-state index contributed by atoms with van der Waals surface area (Å²) in [5.41, 5.74) is 4.65. The van der Waals surface area contributed by atoms with Gasteiger partial charge in [0.2, 0.25) is 0 Å². The lowest BCUT2D eigenvalue weighted by atomic mass is 10.1. The third kappa shape index (κ3) is 3.56. The minimum Gasteiger partial charge on any atom is -0.508 e. The molecule has 2 rings (SSSR count). The molecule has 6 heteroatoms. The van der Waals surface area contributed by atoms with Crippen LogP contribution in [0.1, 0.15) is 18.9 Å². The van der Waals surface area contributed by atoms with Gasteiger partial charge in [0.25, 0.3) is 5.69 Å². The van der Waals surface area contributed by atoms with E-state index in [2.05, 4.69) is 10.5 Å². The van der Waals surface area contributed by atoms with E-state index in [0.29, 0.717) is 12.1 Å². The maximum Gasteiger partial charge on any atom is 0.294 e. The molecule has 0 fully saturated rings. The predicted molar refractivity (Wildman–Crippen MR) is 81.7 cm³/mol. The van der Waals surface area contributed by atoms with Crippen LogP contribution in [-0.4, -0.2) is 15.7 Å². The van der Waals surface area contributed by atoms with Crippen LogP contribution in [-0.2, 0) is 0 Å². The highest BCUT2D eigenvalue weighted by molar-refractivity contribution is 6.00. The van der Waals surface area contributed by atoms with Crippen LogP contribution < -0.4 is 5.43 Å². The van der Waals surface area contributed by atoms with Gasteiger partial charge in [0.15, 0.2) is 0 Å². The SMILES string of the molecule is CC/C(=N/Nc1ccccc1[N+](=O)[O-])c1ccc(O)cc1. The maximum absolute atomic E-state index is 10.9. The summed E-state index contributed by atoms with van der Waals surface area (Å²) in [5.74, 6) is 0.181. The Kier molecular flexibility index (Phi) is 4.50. The summed E-state index contributed by atoms with van der Waals surface area (Å²) < 4.78 is 0. The third-order valence-corrected chi connectivity index (χ3v) is 2.95. The summed E-state index contributed by atoms with van der Waals surface area (Å²) in [5, 5.41) is 24.5. The van der Waals surface area contributed by atoms with Gasteiger partial charge in [-0.05, 0) is 42.3 Å². The Hall–Kier alpha value is -2.89. The Bertz CT molecular complexity index is 666. The number of nitrogens with one attached hydrogen (secondary N) is 1. The van der Waals surface area contributed by atoms with Gasteiger partial charge in [-0.3, -0.25) is 15.5 Å². The van der Waals surface area contributed by atoms with Crippen molar-refractivity contribution >= 4 is 17.1 Å². The minimum atomic E-state index is -0.454. The Labute approximate surface area is 121 Å². The number of nitro groups is 1. The molecule has 21 heavy (non-hydrogen) atoms. The highest BCUT2D eigenvalue weighted by Gasteiger charge is 2.11. The van der Waals surface area contributed by atoms with Gasteiger partial charge in [0.05, 0.1) is 10.6 Å². The van der Waals surface area contributed by atoms with Crippen LogP contribution in [0, 0.1) is 10.1 Å². The fraction of sp³-hybridized carbons (Fsp3) is 0.133. The second-order valence-electron chi connectivity index (χ2n) is 4.34. The first-order chi connectivity index (χ1) is 10.1. The van der Waals surface area contributed by atoms with Crippen LogP contribution in [0.3, 0.4) is 0 Å². The number of phenols is 1. The molecule has 0 bridgehead atoms. The number of phenolic OH excluding ortho intramolecular Hbond substituents is 1. The van der Waals surface area contributed by atoms with Crippen LogP contribution in [0.25, 0.3) is 0 Å². The predicted octanol–water partition coefficient (Wildman–Crippen LogP) is 3.53. The van der Waals surface area contributed by atoms with Gasteiger partial charge in [-0.25, -0.2) is 0 Å². The van der Waals surface area contributed by atoms with Gasteiger partial charge < -0.3 is 5.11 Å². The third-order valence-electron chi connectivity index (χ3n) is 2.95. The normalized spacial score (nSPS) is 11.2. The molecule has 0 atom stereocenters. The average Bonchev–Trinajstić information content (AvgIpc) is 2.50. The lowest BCUT2D eigenvalue weighted by molar-refractivity contribution is -0.384. The summed E-state index contributed by atoms with van der Waals surface area (Å²) in [6, 6.07) is 13.0. The van der Waals surface area contributed by atoms with Crippen molar-refractivity contribution in [3.63, 3.8) is 0 Å². The van der Waals surface area contributed by atoms with Crippen molar-refractivity contribution in [2.24, 2.45) is 5.10 Å². The fourth-order valence-electron chi connectivity index (χ4n) is 1.86. The van der Waals surface area contributed by atoms with E-state index in [0.717, 1.165) is 11.3 Å². The van der Waals surface area contributed by atoms with E-state index in [1.54, 1.807) is 42.5 Å². The van der Waals surface area contributed by atoms with E-state index in [1.165, 1.54) is 6.07 Å². The van der Waals surface area contributed by atoms with Crippen molar-refractivity contribution < 1.29 is 10.0 Å². The first kappa shape index (κ1) is 14.5. The topological polar surface area (TPSA) is 87.8 Å². The van der Waals surface area contributed by atoms with Gasteiger partial charge in [0, 0.05) is 6.07 Å². The zero-order valence-electron chi connectivity index (χ0n) is 11.5. The molecule has 0 aliphatic heterocycles. The van der Waals surface area contributed by atoms with Crippen molar-refractivity contribution in [3.8, 4) is 5.75 Å². The number of hydrogen-bond donors (Lipinski definition) is 2. The van der Waals surface area contributed by atoms with Gasteiger partial charge in [-0.2, -0.15) is 5.10 Å². The lowest BCUT2D eigenvalue weighted by Gasteiger charge is -2.06. The Balaban J connectivity index is 2.26. The number of rotatable bonds is 5. The minimum absolute atomic E-state index is 0.0255. The average molecular weight is 285 g/mol. The molecule has 0 aliphatic carbocycles. The van der Waals surface area contributed by atoms with Gasteiger partial charge in [-0.15, -0.1) is 0 Å². The molecule has 0 saturated carbocycles. The van der Waals surface area contributed by atoms with E-state index in [-0.39, 0.29) is 11.4 Å². The van der Waals surface area contributed by atoms with Crippen molar-refractivity contribution in [1.82, 2.24) is 0 Å². The van der Waals surface area contributed by atoms with Crippen LogP contribution in [0.5, 0.6) is 5.75 Å². The van der Waals surface area contributed by atoms with E-state index in [9.17, 15) is 15.2 Å². The fourth-order valence-corrected chi connectivity index (χ4v) is 1.86. The van der Waals surface area contributed by atoms with Crippen LogP contribution in [0.4, 0.5) is 11.4 Å². The molecule has 0 amide bonds. The second kappa shape index (κ2) is 6.51. The Morgan fingerprint density at radius 2 is 1.90 bits per heavy atom. The van der Waals surface area contributed by atoms with E-state index in [4.69, 9.17) is 0 Å². The maximum atomic E-state index is 10.9. The molecule has 6 nitrogen and oxygen atoms in total. The zero-order chi connectivity index (χ0) is 15.2. The zero-order valence-corrected chi connectivity index (χ0v) is 11.5. The molecule has 0 saturated heterocycles.